The van der Waals surface area contributed by atoms with E-state index in [1.165, 1.54) is 0 Å². The highest BCUT2D eigenvalue weighted by Gasteiger charge is 2.22. The molecule has 0 radical (unpaired) electrons. The molecule has 0 bridgehead atoms. The average molecular weight is 292 g/mol. The molecule has 0 atom stereocenters. The van der Waals surface area contributed by atoms with Gasteiger partial charge in [-0.05, 0) is 18.6 Å². The van der Waals surface area contributed by atoms with E-state index in [0.717, 1.165) is 31.9 Å². The zero-order chi connectivity index (χ0) is 15.1. The first-order chi connectivity index (χ1) is 10.2. The van der Waals surface area contributed by atoms with Gasteiger partial charge in [0, 0.05) is 39.0 Å². The number of rotatable bonds is 6. The molecule has 21 heavy (non-hydrogen) atoms. The number of hydrogen-bond acceptors (Lipinski definition) is 5. The van der Waals surface area contributed by atoms with Gasteiger partial charge in [-0.2, -0.15) is 0 Å². The minimum Gasteiger partial charge on any atom is -0.396 e. The first-order valence-electron chi connectivity index (χ1n) is 7.53. The molecule has 0 aromatic carbocycles. The summed E-state index contributed by atoms with van der Waals surface area (Å²) in [6, 6.07) is 3.68. The summed E-state index contributed by atoms with van der Waals surface area (Å²) in [7, 11) is 0. The Labute approximate surface area is 125 Å². The number of aromatic nitrogens is 1. The van der Waals surface area contributed by atoms with Crippen LogP contribution in [0, 0.1) is 0 Å². The molecular formula is C15H24N4O2. The fraction of sp³-hybridized carbons (Fsp3) is 0.600. The first kappa shape index (κ1) is 15.6. The number of nitrogen functional groups attached to an aromatic ring is 1. The lowest BCUT2D eigenvalue weighted by atomic mass is 10.2. The average Bonchev–Trinajstić information content (AvgIpc) is 2.52. The molecule has 1 aromatic heterocycles. The molecule has 116 valence electrons. The number of ether oxygens (including phenoxy) is 1. The van der Waals surface area contributed by atoms with E-state index in [2.05, 4.69) is 16.8 Å². The normalized spacial score (nSPS) is 15.3. The third kappa shape index (κ3) is 4.32. The molecule has 0 saturated carbocycles. The number of carbonyl (C=O) groups is 1. The number of amides is 1. The smallest absolute Gasteiger partial charge is 0.225 e. The van der Waals surface area contributed by atoms with Crippen molar-refractivity contribution in [1.29, 1.82) is 0 Å². The summed E-state index contributed by atoms with van der Waals surface area (Å²) in [6.07, 6.45) is 3.19. The summed E-state index contributed by atoms with van der Waals surface area (Å²) >= 11 is 0. The largest absolute Gasteiger partial charge is 0.396 e. The van der Waals surface area contributed by atoms with Crippen molar-refractivity contribution in [3.63, 3.8) is 0 Å². The molecule has 1 aliphatic heterocycles. The molecule has 0 unspecified atom stereocenters. The van der Waals surface area contributed by atoms with Crippen molar-refractivity contribution in [2.75, 3.05) is 50.0 Å². The van der Waals surface area contributed by atoms with E-state index in [1.54, 1.807) is 6.20 Å². The van der Waals surface area contributed by atoms with Gasteiger partial charge in [-0.1, -0.05) is 6.92 Å². The zero-order valence-corrected chi connectivity index (χ0v) is 12.6. The minimum absolute atomic E-state index is 0.166. The zero-order valence-electron chi connectivity index (χ0n) is 12.6. The van der Waals surface area contributed by atoms with E-state index in [4.69, 9.17) is 10.5 Å². The van der Waals surface area contributed by atoms with Crippen LogP contribution in [0.2, 0.25) is 0 Å². The summed E-state index contributed by atoms with van der Waals surface area (Å²) in [5.41, 5.74) is 6.62. The molecule has 1 aromatic rings. The maximum atomic E-state index is 12.1. The molecule has 2 heterocycles. The van der Waals surface area contributed by atoms with E-state index in [0.29, 0.717) is 31.8 Å². The van der Waals surface area contributed by atoms with E-state index in [-0.39, 0.29) is 5.91 Å². The molecule has 6 heteroatoms. The van der Waals surface area contributed by atoms with Crippen LogP contribution in [0.25, 0.3) is 0 Å². The van der Waals surface area contributed by atoms with Gasteiger partial charge in [0.25, 0.3) is 0 Å². The summed E-state index contributed by atoms with van der Waals surface area (Å²) in [5, 5.41) is 0. The van der Waals surface area contributed by atoms with Crippen LogP contribution >= 0.6 is 0 Å². The van der Waals surface area contributed by atoms with Crippen molar-refractivity contribution < 1.29 is 9.53 Å². The Morgan fingerprint density at radius 2 is 2.10 bits per heavy atom. The Morgan fingerprint density at radius 1 is 1.33 bits per heavy atom. The predicted molar refractivity (Wildman–Crippen MR) is 83.2 cm³/mol. The quantitative estimate of drug-likeness (QED) is 0.796. The number of hydrogen-bond donors (Lipinski definition) is 1. The third-order valence-corrected chi connectivity index (χ3v) is 3.56. The van der Waals surface area contributed by atoms with Crippen molar-refractivity contribution in [1.82, 2.24) is 9.88 Å². The van der Waals surface area contributed by atoms with Crippen molar-refractivity contribution in [2.45, 2.75) is 19.8 Å². The molecule has 1 amide bonds. The number of carbonyl (C=O) groups excluding carboxylic acids is 1. The number of nitrogens with zero attached hydrogens (tertiary/aromatic N) is 3. The number of piperazine rings is 1. The summed E-state index contributed by atoms with van der Waals surface area (Å²) in [5.74, 6) is 0.982. The fourth-order valence-corrected chi connectivity index (χ4v) is 2.41. The topological polar surface area (TPSA) is 71.7 Å². The molecule has 1 fully saturated rings. The second kappa shape index (κ2) is 7.83. The molecular weight excluding hydrogens is 268 g/mol. The van der Waals surface area contributed by atoms with Gasteiger partial charge in [0.2, 0.25) is 5.91 Å². The van der Waals surface area contributed by atoms with Gasteiger partial charge in [0.1, 0.15) is 0 Å². The molecule has 1 saturated heterocycles. The number of pyridine rings is 1. The van der Waals surface area contributed by atoms with Crippen molar-refractivity contribution in [3.05, 3.63) is 18.3 Å². The van der Waals surface area contributed by atoms with Crippen molar-refractivity contribution >= 4 is 17.4 Å². The highest BCUT2D eigenvalue weighted by molar-refractivity contribution is 5.76. The molecule has 2 rings (SSSR count). The summed E-state index contributed by atoms with van der Waals surface area (Å²) in [6.45, 7) is 6.25. The summed E-state index contributed by atoms with van der Waals surface area (Å²) < 4.78 is 5.37. The van der Waals surface area contributed by atoms with Crippen LogP contribution in [0.1, 0.15) is 19.8 Å². The monoisotopic (exact) mass is 292 g/mol. The van der Waals surface area contributed by atoms with Crippen LogP contribution in [0.4, 0.5) is 11.5 Å². The lowest BCUT2D eigenvalue weighted by Gasteiger charge is -2.35. The maximum absolute atomic E-state index is 12.1. The second-order valence-corrected chi connectivity index (χ2v) is 5.15. The molecule has 0 spiro atoms. The van der Waals surface area contributed by atoms with Crippen molar-refractivity contribution in [2.24, 2.45) is 0 Å². The van der Waals surface area contributed by atoms with Crippen LogP contribution in [0.5, 0.6) is 0 Å². The van der Waals surface area contributed by atoms with Crippen molar-refractivity contribution in [3.8, 4) is 0 Å². The van der Waals surface area contributed by atoms with Gasteiger partial charge < -0.3 is 20.3 Å². The van der Waals surface area contributed by atoms with Gasteiger partial charge in [-0.25, -0.2) is 4.98 Å². The lowest BCUT2D eigenvalue weighted by molar-refractivity contribution is -0.132. The molecule has 1 aliphatic rings. The Bertz CT molecular complexity index is 459. The first-order valence-corrected chi connectivity index (χ1v) is 7.53. The molecule has 0 aliphatic carbocycles. The Kier molecular flexibility index (Phi) is 5.80. The lowest BCUT2D eigenvalue weighted by Crippen LogP contribution is -2.49. The van der Waals surface area contributed by atoms with E-state index in [1.807, 2.05) is 17.0 Å². The SMILES string of the molecule is CCCOCCC(=O)N1CCN(c2ncccc2N)CC1. The second-order valence-electron chi connectivity index (χ2n) is 5.15. The van der Waals surface area contributed by atoms with E-state index in [9.17, 15) is 4.79 Å². The number of nitrogens with two attached hydrogens (primary N) is 1. The Morgan fingerprint density at radius 3 is 2.76 bits per heavy atom. The van der Waals surface area contributed by atoms with Gasteiger partial charge in [-0.15, -0.1) is 0 Å². The standard InChI is InChI=1S/C15H24N4O2/c1-2-11-21-12-5-14(20)18-7-9-19(10-8-18)15-13(16)4-3-6-17-15/h3-4,6H,2,5,7-12,16H2,1H3. The van der Waals surface area contributed by atoms with E-state index < -0.39 is 0 Å². The highest BCUT2D eigenvalue weighted by atomic mass is 16.5. The Hall–Kier alpha value is -1.82. The summed E-state index contributed by atoms with van der Waals surface area (Å²) in [4.78, 5) is 20.4. The van der Waals surface area contributed by atoms with E-state index >= 15 is 0 Å². The van der Waals surface area contributed by atoms with Crippen LogP contribution in [-0.2, 0) is 9.53 Å². The van der Waals surface area contributed by atoms with Crippen LogP contribution in [0.15, 0.2) is 18.3 Å². The van der Waals surface area contributed by atoms with Gasteiger partial charge >= 0.3 is 0 Å². The van der Waals surface area contributed by atoms with Gasteiger partial charge in [0.15, 0.2) is 5.82 Å². The van der Waals surface area contributed by atoms with Gasteiger partial charge in [-0.3, -0.25) is 4.79 Å². The third-order valence-electron chi connectivity index (χ3n) is 3.56. The van der Waals surface area contributed by atoms with Gasteiger partial charge in [0.05, 0.1) is 18.7 Å². The minimum atomic E-state index is 0.166. The highest BCUT2D eigenvalue weighted by Crippen LogP contribution is 2.20. The van der Waals surface area contributed by atoms with Crippen LogP contribution < -0.4 is 10.6 Å². The fourth-order valence-electron chi connectivity index (χ4n) is 2.41. The maximum Gasteiger partial charge on any atom is 0.225 e. The Balaban J connectivity index is 1.78. The van der Waals surface area contributed by atoms with Crippen LogP contribution in [-0.4, -0.2) is 55.2 Å². The molecule has 2 N–H and O–H groups in total. The molecule has 6 nitrogen and oxygen atoms in total. The predicted octanol–water partition coefficient (Wildman–Crippen LogP) is 1.13. The number of anilines is 2. The van der Waals surface area contributed by atoms with Crippen LogP contribution in [0.3, 0.4) is 0 Å².